The maximum absolute atomic E-state index is 12.8. The number of allylic oxidation sites excluding steroid dienone is 14. The van der Waals surface area contributed by atoms with Crippen molar-refractivity contribution in [3.05, 3.63) is 85.1 Å². The molecule has 0 aromatic heterocycles. The van der Waals surface area contributed by atoms with Gasteiger partial charge in [-0.2, -0.15) is 0 Å². The summed E-state index contributed by atoms with van der Waals surface area (Å²) in [5, 5.41) is 0. The van der Waals surface area contributed by atoms with Crippen molar-refractivity contribution in [2.24, 2.45) is 0 Å². The van der Waals surface area contributed by atoms with E-state index in [1.54, 1.807) is 0 Å². The third-order valence-electron chi connectivity index (χ3n) is 14.4. The van der Waals surface area contributed by atoms with E-state index in [0.29, 0.717) is 19.3 Å². The maximum atomic E-state index is 12.8. The summed E-state index contributed by atoms with van der Waals surface area (Å²) in [6, 6.07) is 0. The number of unbranched alkanes of at least 4 members (excludes halogenated alkanes) is 35. The number of carbonyl (C=O) groups excluding carboxylic acids is 3. The molecule has 6 nitrogen and oxygen atoms in total. The van der Waals surface area contributed by atoms with Gasteiger partial charge in [0.25, 0.3) is 0 Å². The molecule has 0 aliphatic heterocycles. The molecule has 444 valence electrons. The molecule has 0 heterocycles. The number of carbonyl (C=O) groups is 3. The van der Waals surface area contributed by atoms with Crippen LogP contribution in [-0.4, -0.2) is 37.2 Å². The average molecular weight is 1070 g/mol. The van der Waals surface area contributed by atoms with Gasteiger partial charge in [-0.25, -0.2) is 0 Å². The Bertz CT molecular complexity index is 1470. The molecule has 77 heavy (non-hydrogen) atoms. The Kier molecular flexibility index (Phi) is 62.2. The standard InChI is InChI=1S/C71H124O6/c1-4-7-10-13-15-17-19-21-23-25-27-29-31-33-34-35-36-38-39-41-43-45-47-49-51-53-55-58-61-64-70(73)76-67-68(66-75-69(72)63-60-57-12-9-6-3)77-71(74)65-62-59-56-54-52-50-48-46-44-42-40-37-32-30-28-26-24-22-20-18-16-14-11-8-5-2/h7,10,15,17,21,23,26-29,33-34,36,38,68H,4-6,8-9,11-14,16,18-20,22,24-25,30-32,35,37,39-67H2,1-3H3/b10-7-,17-15-,23-21-,28-26-,29-27-,34-33-,38-36-. The van der Waals surface area contributed by atoms with E-state index >= 15 is 0 Å². The number of hydrogen-bond donors (Lipinski definition) is 0. The minimum absolute atomic E-state index is 0.0760. The van der Waals surface area contributed by atoms with Gasteiger partial charge >= 0.3 is 17.9 Å². The van der Waals surface area contributed by atoms with Crippen LogP contribution in [0.15, 0.2) is 85.1 Å². The second-order valence-electron chi connectivity index (χ2n) is 22.0. The molecule has 0 aliphatic rings. The van der Waals surface area contributed by atoms with Crippen molar-refractivity contribution >= 4 is 17.9 Å². The number of ether oxygens (including phenoxy) is 3. The Morgan fingerprint density at radius 1 is 0.273 bits per heavy atom. The van der Waals surface area contributed by atoms with Crippen LogP contribution in [0, 0.1) is 0 Å². The highest BCUT2D eigenvalue weighted by Gasteiger charge is 2.19. The van der Waals surface area contributed by atoms with Crippen molar-refractivity contribution in [2.45, 2.75) is 335 Å². The Balaban J connectivity index is 4.03. The molecule has 1 unspecified atom stereocenters. The van der Waals surface area contributed by atoms with E-state index in [1.165, 1.54) is 186 Å². The molecule has 0 amide bonds. The molecule has 0 radical (unpaired) electrons. The smallest absolute Gasteiger partial charge is 0.306 e. The van der Waals surface area contributed by atoms with Gasteiger partial charge in [0.15, 0.2) is 6.10 Å². The van der Waals surface area contributed by atoms with Crippen LogP contribution < -0.4 is 0 Å². The molecular weight excluding hydrogens is 949 g/mol. The summed E-state index contributed by atoms with van der Waals surface area (Å²) in [7, 11) is 0. The Morgan fingerprint density at radius 3 is 0.805 bits per heavy atom. The fourth-order valence-electron chi connectivity index (χ4n) is 9.44. The van der Waals surface area contributed by atoms with Crippen LogP contribution in [0.3, 0.4) is 0 Å². The zero-order valence-electron chi connectivity index (χ0n) is 51.0. The predicted molar refractivity (Wildman–Crippen MR) is 334 cm³/mol. The Hall–Kier alpha value is -3.41. The lowest BCUT2D eigenvalue weighted by Gasteiger charge is -2.18. The van der Waals surface area contributed by atoms with Crippen LogP contribution in [0.2, 0.25) is 0 Å². The van der Waals surface area contributed by atoms with Crippen molar-refractivity contribution in [2.75, 3.05) is 13.2 Å². The summed E-state index contributed by atoms with van der Waals surface area (Å²) in [4.78, 5) is 38.0. The van der Waals surface area contributed by atoms with Gasteiger partial charge in [0.1, 0.15) is 13.2 Å². The molecule has 0 aromatic rings. The van der Waals surface area contributed by atoms with Gasteiger partial charge in [-0.15, -0.1) is 0 Å². The predicted octanol–water partition coefficient (Wildman–Crippen LogP) is 22.7. The largest absolute Gasteiger partial charge is 0.462 e. The summed E-state index contributed by atoms with van der Waals surface area (Å²) >= 11 is 0. The van der Waals surface area contributed by atoms with E-state index in [0.717, 1.165) is 103 Å². The zero-order valence-corrected chi connectivity index (χ0v) is 51.0. The fraction of sp³-hybridized carbons (Fsp3) is 0.761. The first-order chi connectivity index (χ1) is 38.0. The van der Waals surface area contributed by atoms with Crippen LogP contribution in [0.5, 0.6) is 0 Å². The SMILES string of the molecule is CC/C=C\C/C=C\C/C=C\C/C=C\C/C=C\C/C=C\CCCCCCCCCCCCC(=O)OCC(COC(=O)CCCCCCC)OC(=O)CCCCCCCCCCCCCCC/C=C\CCCCCCCCCC. The summed E-state index contributed by atoms with van der Waals surface area (Å²) in [6.07, 6.45) is 86.5. The lowest BCUT2D eigenvalue weighted by atomic mass is 10.0. The molecule has 0 fully saturated rings. The van der Waals surface area contributed by atoms with Crippen molar-refractivity contribution in [1.29, 1.82) is 0 Å². The van der Waals surface area contributed by atoms with Crippen molar-refractivity contribution < 1.29 is 28.6 Å². The minimum Gasteiger partial charge on any atom is -0.462 e. The van der Waals surface area contributed by atoms with E-state index in [1.807, 2.05) is 0 Å². The quantitative estimate of drug-likeness (QED) is 0.0261. The fourth-order valence-corrected chi connectivity index (χ4v) is 9.44. The Morgan fingerprint density at radius 2 is 0.506 bits per heavy atom. The lowest BCUT2D eigenvalue weighted by Crippen LogP contribution is -2.30. The van der Waals surface area contributed by atoms with Crippen LogP contribution in [0.4, 0.5) is 0 Å². The molecular formula is C71H124O6. The van der Waals surface area contributed by atoms with Crippen LogP contribution >= 0.6 is 0 Å². The third kappa shape index (κ3) is 63.3. The summed E-state index contributed by atoms with van der Waals surface area (Å²) in [5.74, 6) is -0.882. The van der Waals surface area contributed by atoms with Crippen LogP contribution in [0.1, 0.15) is 329 Å². The highest BCUT2D eigenvalue weighted by molar-refractivity contribution is 5.71. The van der Waals surface area contributed by atoms with E-state index in [-0.39, 0.29) is 31.1 Å². The first-order valence-electron chi connectivity index (χ1n) is 33.1. The highest BCUT2D eigenvalue weighted by Crippen LogP contribution is 2.17. The second-order valence-corrected chi connectivity index (χ2v) is 22.0. The first kappa shape index (κ1) is 73.6. The average Bonchev–Trinajstić information content (AvgIpc) is 3.43. The summed E-state index contributed by atoms with van der Waals surface area (Å²) in [5.41, 5.74) is 0. The monoisotopic (exact) mass is 1070 g/mol. The third-order valence-corrected chi connectivity index (χ3v) is 14.4. The van der Waals surface area contributed by atoms with E-state index in [4.69, 9.17) is 14.2 Å². The van der Waals surface area contributed by atoms with E-state index in [9.17, 15) is 14.4 Å². The molecule has 0 saturated carbocycles. The van der Waals surface area contributed by atoms with Crippen molar-refractivity contribution in [1.82, 2.24) is 0 Å². The van der Waals surface area contributed by atoms with Gasteiger partial charge < -0.3 is 14.2 Å². The molecule has 6 heteroatoms. The molecule has 0 aliphatic carbocycles. The molecule has 0 rings (SSSR count). The van der Waals surface area contributed by atoms with Gasteiger partial charge in [0, 0.05) is 19.3 Å². The van der Waals surface area contributed by atoms with Gasteiger partial charge in [-0.05, 0) is 96.3 Å². The highest BCUT2D eigenvalue weighted by atomic mass is 16.6. The number of esters is 3. The molecule has 0 saturated heterocycles. The topological polar surface area (TPSA) is 78.9 Å². The first-order valence-corrected chi connectivity index (χ1v) is 33.1. The molecule has 0 bridgehead atoms. The number of rotatable bonds is 60. The zero-order chi connectivity index (χ0) is 55.7. The number of hydrogen-bond acceptors (Lipinski definition) is 6. The minimum atomic E-state index is -0.775. The molecule has 0 N–H and O–H groups in total. The second kappa shape index (κ2) is 65.1. The molecule has 0 aromatic carbocycles. The van der Waals surface area contributed by atoms with Crippen molar-refractivity contribution in [3.8, 4) is 0 Å². The summed E-state index contributed by atoms with van der Waals surface area (Å²) in [6.45, 7) is 6.47. The van der Waals surface area contributed by atoms with Gasteiger partial charge in [0.2, 0.25) is 0 Å². The normalized spacial score (nSPS) is 12.6. The summed E-state index contributed by atoms with van der Waals surface area (Å²) < 4.78 is 16.8. The Labute approximate surface area is 477 Å². The van der Waals surface area contributed by atoms with Gasteiger partial charge in [-0.1, -0.05) is 298 Å². The van der Waals surface area contributed by atoms with Gasteiger partial charge in [0.05, 0.1) is 0 Å². The molecule has 0 spiro atoms. The molecule has 1 atom stereocenters. The van der Waals surface area contributed by atoms with E-state index < -0.39 is 6.10 Å². The van der Waals surface area contributed by atoms with Gasteiger partial charge in [-0.3, -0.25) is 14.4 Å². The van der Waals surface area contributed by atoms with E-state index in [2.05, 4.69) is 106 Å². The van der Waals surface area contributed by atoms with Crippen molar-refractivity contribution in [3.63, 3.8) is 0 Å². The lowest BCUT2D eigenvalue weighted by molar-refractivity contribution is -0.167. The van der Waals surface area contributed by atoms with Crippen LogP contribution in [-0.2, 0) is 28.6 Å². The maximum Gasteiger partial charge on any atom is 0.306 e. The van der Waals surface area contributed by atoms with Crippen LogP contribution in [0.25, 0.3) is 0 Å².